The molecular weight excluding hydrogens is 610 g/mol. The van der Waals surface area contributed by atoms with E-state index in [4.69, 9.17) is 19.5 Å². The molecule has 4 rings (SSSR count). The Morgan fingerprint density at radius 1 is 0.632 bits per heavy atom. The molecular formula is C31H42Cl2N2O2Pd. The molecule has 0 amide bonds. The zero-order valence-electron chi connectivity index (χ0n) is 23.7. The van der Waals surface area contributed by atoms with Crippen LogP contribution in [0, 0.1) is 11.8 Å². The second kappa shape index (κ2) is 14.9. The van der Waals surface area contributed by atoms with Crippen LogP contribution in [0.15, 0.2) is 58.5 Å². The number of ether oxygens (including phenoxy) is 2. The molecule has 212 valence electrons. The molecule has 2 heterocycles. The second-order valence-electron chi connectivity index (χ2n) is 11.4. The first-order chi connectivity index (χ1) is 16.6. The minimum absolute atomic E-state index is 0. The van der Waals surface area contributed by atoms with E-state index in [9.17, 15) is 0 Å². The van der Waals surface area contributed by atoms with Crippen LogP contribution in [0.1, 0.15) is 108 Å². The molecule has 0 saturated carbocycles. The molecule has 0 fully saturated rings. The first-order valence-corrected chi connectivity index (χ1v) is 13.3. The van der Waals surface area contributed by atoms with Crippen LogP contribution in [-0.4, -0.2) is 24.0 Å². The Hall–Kier alpha value is -1.38. The molecule has 2 unspecified atom stereocenters. The molecule has 38 heavy (non-hydrogen) atoms. The van der Waals surface area contributed by atoms with Crippen LogP contribution in [0.5, 0.6) is 0 Å². The second-order valence-corrected chi connectivity index (χ2v) is 11.4. The molecule has 2 aliphatic heterocycles. The van der Waals surface area contributed by atoms with Crippen molar-refractivity contribution in [3.8, 4) is 0 Å². The van der Waals surface area contributed by atoms with E-state index < -0.39 is 0 Å². The monoisotopic (exact) mass is 650 g/mol. The van der Waals surface area contributed by atoms with Crippen LogP contribution in [0.4, 0.5) is 0 Å². The summed E-state index contributed by atoms with van der Waals surface area (Å²) in [6, 6.07) is 17.6. The molecule has 0 bridgehead atoms. The number of nitrogens with zero attached hydrogens (tertiary/aromatic N) is 2. The fourth-order valence-electron chi connectivity index (χ4n) is 5.00. The quantitative estimate of drug-likeness (QED) is 0.411. The number of halogens is 2. The molecule has 4 nitrogen and oxygen atoms in total. The van der Waals surface area contributed by atoms with E-state index in [0.29, 0.717) is 30.1 Å². The van der Waals surface area contributed by atoms with Crippen molar-refractivity contribution in [2.45, 2.75) is 97.9 Å². The van der Waals surface area contributed by atoms with Crippen LogP contribution in [-0.2, 0) is 29.9 Å². The zero-order chi connectivity index (χ0) is 25.3. The third-order valence-electron chi connectivity index (χ3n) is 7.19. The van der Waals surface area contributed by atoms with Crippen molar-refractivity contribution < 1.29 is 54.7 Å². The minimum Gasteiger partial charge on any atom is -1.00 e. The Kier molecular flexibility index (Phi) is 13.5. The van der Waals surface area contributed by atoms with Crippen molar-refractivity contribution in [1.29, 1.82) is 0 Å². The molecule has 4 atom stereocenters. The van der Waals surface area contributed by atoms with Gasteiger partial charge in [-0.2, -0.15) is 0 Å². The van der Waals surface area contributed by atoms with Gasteiger partial charge >= 0.3 is 20.4 Å². The molecule has 0 aliphatic carbocycles. The molecule has 2 aliphatic rings. The molecule has 2 aromatic carbocycles. The predicted molar refractivity (Wildman–Crippen MR) is 145 cm³/mol. The van der Waals surface area contributed by atoms with E-state index >= 15 is 0 Å². The molecule has 0 saturated heterocycles. The summed E-state index contributed by atoms with van der Waals surface area (Å²) >= 11 is 0. The number of rotatable bonds is 8. The first-order valence-electron chi connectivity index (χ1n) is 13.3. The Morgan fingerprint density at radius 3 is 1.32 bits per heavy atom. The maximum Gasteiger partial charge on any atom is 2.00 e. The van der Waals surface area contributed by atoms with E-state index in [2.05, 4.69) is 104 Å². The van der Waals surface area contributed by atoms with E-state index in [1.165, 1.54) is 22.3 Å². The molecule has 0 N–H and O–H groups in total. The maximum atomic E-state index is 6.43. The summed E-state index contributed by atoms with van der Waals surface area (Å²) in [6.45, 7) is 17.7. The average molecular weight is 652 g/mol. The van der Waals surface area contributed by atoms with Crippen molar-refractivity contribution >= 4 is 11.8 Å². The van der Waals surface area contributed by atoms with Crippen molar-refractivity contribution in [3.63, 3.8) is 0 Å². The van der Waals surface area contributed by atoms with Crippen LogP contribution in [0.3, 0.4) is 0 Å². The van der Waals surface area contributed by atoms with E-state index in [-0.39, 0.29) is 69.5 Å². The van der Waals surface area contributed by atoms with Gasteiger partial charge in [0, 0.05) is 0 Å². The van der Waals surface area contributed by atoms with E-state index in [1.807, 2.05) is 0 Å². The fraction of sp³-hybridized carbons (Fsp3) is 0.548. The molecule has 0 spiro atoms. The fourth-order valence-corrected chi connectivity index (χ4v) is 5.00. The number of aliphatic imine (C=N–C) groups is 2. The SMILES string of the molecule is CC(C)c1cccc([C@H]2N=C(CC3=N[C@H](c4cccc(C(C)C)c4)C(C(C)C)O3)OC2C(C)C)c1.[Cl-].[Cl-].[Pd+2]. The summed E-state index contributed by atoms with van der Waals surface area (Å²) in [5, 5.41) is 0. The maximum absolute atomic E-state index is 6.43. The van der Waals surface area contributed by atoms with Crippen molar-refractivity contribution in [3.05, 3.63) is 70.8 Å². The van der Waals surface area contributed by atoms with Gasteiger partial charge in [0.2, 0.25) is 0 Å². The summed E-state index contributed by atoms with van der Waals surface area (Å²) in [6.07, 6.45) is 0.551. The van der Waals surface area contributed by atoms with Gasteiger partial charge in [-0.05, 0) is 45.9 Å². The topological polar surface area (TPSA) is 43.2 Å². The molecule has 2 aromatic rings. The van der Waals surface area contributed by atoms with Crippen molar-refractivity contribution in [2.75, 3.05) is 0 Å². The summed E-state index contributed by atoms with van der Waals surface area (Å²) in [5.41, 5.74) is 5.12. The van der Waals surface area contributed by atoms with Gasteiger partial charge in [-0.3, -0.25) is 0 Å². The number of benzene rings is 2. The zero-order valence-corrected chi connectivity index (χ0v) is 26.8. The number of hydrogen-bond donors (Lipinski definition) is 0. The van der Waals surface area contributed by atoms with Crippen LogP contribution in [0.25, 0.3) is 0 Å². The average Bonchev–Trinajstić information content (AvgIpc) is 3.44. The van der Waals surface area contributed by atoms with Gasteiger partial charge in [-0.1, -0.05) is 104 Å². The summed E-state index contributed by atoms with van der Waals surface area (Å²) in [5.74, 6) is 3.15. The molecule has 0 aromatic heterocycles. The smallest absolute Gasteiger partial charge is 1.00 e. The Bertz CT molecular complexity index is 1020. The van der Waals surface area contributed by atoms with Gasteiger partial charge in [-0.15, -0.1) is 0 Å². The van der Waals surface area contributed by atoms with E-state index in [1.54, 1.807) is 0 Å². The van der Waals surface area contributed by atoms with Crippen molar-refractivity contribution in [2.24, 2.45) is 21.8 Å². The molecule has 0 radical (unpaired) electrons. The molecule has 7 heteroatoms. The Balaban J connectivity index is 0.00000241. The van der Waals surface area contributed by atoms with E-state index in [0.717, 1.165) is 11.8 Å². The largest absolute Gasteiger partial charge is 2.00 e. The standard InChI is InChI=1S/C31H42N2O2.2ClH.Pd/c1-18(2)22-11-9-13-24(15-22)28-30(20(5)6)34-26(32-28)17-27-33-29(31(35-27)21(7)8)25-14-10-12-23(16-25)19(3)4;;;/h9-16,18-21,28-31H,17H2,1-8H3;2*1H;/q;;;+2/p-2/t28-,29-,30?,31?;;;/m1.../s1. The summed E-state index contributed by atoms with van der Waals surface area (Å²) in [4.78, 5) is 10.1. The van der Waals surface area contributed by atoms with Gasteiger partial charge in [0.15, 0.2) is 11.8 Å². The first kappa shape index (κ1) is 34.6. The van der Waals surface area contributed by atoms with Crippen LogP contribution < -0.4 is 24.8 Å². The summed E-state index contributed by atoms with van der Waals surface area (Å²) < 4.78 is 12.9. The van der Waals surface area contributed by atoms with Gasteiger partial charge in [-0.25, -0.2) is 9.98 Å². The normalized spacial score (nSPS) is 22.3. The van der Waals surface area contributed by atoms with Gasteiger partial charge in [0.05, 0.1) is 6.42 Å². The third kappa shape index (κ3) is 7.85. The van der Waals surface area contributed by atoms with Gasteiger partial charge in [0.25, 0.3) is 0 Å². The Labute approximate surface area is 256 Å². The summed E-state index contributed by atoms with van der Waals surface area (Å²) in [7, 11) is 0. The number of hydrogen-bond acceptors (Lipinski definition) is 4. The van der Waals surface area contributed by atoms with Gasteiger partial charge in [0.1, 0.15) is 24.3 Å². The van der Waals surface area contributed by atoms with Gasteiger partial charge < -0.3 is 34.3 Å². The van der Waals surface area contributed by atoms with Crippen molar-refractivity contribution in [1.82, 2.24) is 0 Å². The predicted octanol–water partition coefficient (Wildman–Crippen LogP) is 2.02. The van der Waals surface area contributed by atoms with Crippen LogP contribution >= 0.6 is 0 Å². The third-order valence-corrected chi connectivity index (χ3v) is 7.19. The Morgan fingerprint density at radius 2 is 1.00 bits per heavy atom. The van der Waals surface area contributed by atoms with Crippen LogP contribution in [0.2, 0.25) is 0 Å². The minimum atomic E-state index is 0.